The zero-order chi connectivity index (χ0) is 8.69. The van der Waals surface area contributed by atoms with E-state index in [0.29, 0.717) is 6.54 Å². The number of hydrogen-bond donors (Lipinski definition) is 1. The number of thioether (sulfide) groups is 1. The number of aliphatic hydroxyl groups excluding tert-OH is 1. The van der Waals surface area contributed by atoms with Gasteiger partial charge in [-0.2, -0.15) is 11.8 Å². The van der Waals surface area contributed by atoms with Crippen LogP contribution in [-0.4, -0.2) is 28.8 Å². The molecule has 0 aliphatic heterocycles. The molecule has 0 aromatic heterocycles. The molecule has 2 atom stereocenters. The SMILES string of the molecule is CC(O)C(C)SCCN=[N+]=[N-]. The Kier molecular flexibility index (Phi) is 6.12. The molecule has 64 valence electrons. The summed E-state index contributed by atoms with van der Waals surface area (Å²) in [5, 5.41) is 12.6. The van der Waals surface area contributed by atoms with Gasteiger partial charge in [-0.3, -0.25) is 0 Å². The Morgan fingerprint density at radius 1 is 1.64 bits per heavy atom. The van der Waals surface area contributed by atoms with E-state index in [4.69, 9.17) is 10.6 Å². The summed E-state index contributed by atoms with van der Waals surface area (Å²) in [4.78, 5) is 2.63. The molecule has 2 unspecified atom stereocenters. The van der Waals surface area contributed by atoms with Crippen molar-refractivity contribution in [1.29, 1.82) is 0 Å². The van der Waals surface area contributed by atoms with Crippen molar-refractivity contribution in [3.8, 4) is 0 Å². The summed E-state index contributed by atoms with van der Waals surface area (Å²) in [6.07, 6.45) is -0.300. The molecular formula is C6H13N3OS. The van der Waals surface area contributed by atoms with Gasteiger partial charge in [0, 0.05) is 16.7 Å². The molecule has 0 bridgehead atoms. The molecule has 0 saturated carbocycles. The van der Waals surface area contributed by atoms with Crippen molar-refractivity contribution < 1.29 is 5.11 Å². The molecule has 0 aromatic rings. The summed E-state index contributed by atoms with van der Waals surface area (Å²) in [6.45, 7) is 4.20. The normalized spacial score (nSPS) is 15.2. The smallest absolute Gasteiger partial charge is 0.0627 e. The fraction of sp³-hybridized carbons (Fsp3) is 1.00. The van der Waals surface area contributed by atoms with E-state index in [1.54, 1.807) is 18.7 Å². The van der Waals surface area contributed by atoms with Crippen LogP contribution in [0.3, 0.4) is 0 Å². The highest BCUT2D eigenvalue weighted by atomic mass is 32.2. The van der Waals surface area contributed by atoms with Crippen molar-refractivity contribution in [2.24, 2.45) is 5.11 Å². The largest absolute Gasteiger partial charge is 0.392 e. The average molecular weight is 175 g/mol. The molecule has 4 nitrogen and oxygen atoms in total. The molecule has 0 amide bonds. The summed E-state index contributed by atoms with van der Waals surface area (Å²) in [5.74, 6) is 0.774. The summed E-state index contributed by atoms with van der Waals surface area (Å²) in [6, 6.07) is 0. The van der Waals surface area contributed by atoms with Gasteiger partial charge in [0.05, 0.1) is 6.10 Å². The Labute approximate surface area is 70.6 Å². The van der Waals surface area contributed by atoms with Crippen molar-refractivity contribution in [2.75, 3.05) is 12.3 Å². The van der Waals surface area contributed by atoms with E-state index >= 15 is 0 Å². The molecule has 0 aliphatic carbocycles. The summed E-state index contributed by atoms with van der Waals surface area (Å²) >= 11 is 1.61. The van der Waals surface area contributed by atoms with Crippen LogP contribution < -0.4 is 0 Å². The van der Waals surface area contributed by atoms with E-state index in [9.17, 15) is 0 Å². The molecular weight excluding hydrogens is 162 g/mol. The minimum atomic E-state index is -0.300. The van der Waals surface area contributed by atoms with Crippen molar-refractivity contribution in [1.82, 2.24) is 0 Å². The summed E-state index contributed by atoms with van der Waals surface area (Å²) in [7, 11) is 0. The van der Waals surface area contributed by atoms with Crippen LogP contribution >= 0.6 is 11.8 Å². The van der Waals surface area contributed by atoms with Gasteiger partial charge in [-0.25, -0.2) is 0 Å². The molecule has 0 aromatic carbocycles. The average Bonchev–Trinajstić information content (AvgIpc) is 1.97. The standard InChI is InChI=1S/C6H13N3OS/c1-5(10)6(2)11-4-3-8-9-7/h5-6,10H,3-4H2,1-2H3. The Bertz CT molecular complexity index is 145. The Morgan fingerprint density at radius 3 is 2.73 bits per heavy atom. The number of azide groups is 1. The van der Waals surface area contributed by atoms with Gasteiger partial charge in [0.1, 0.15) is 0 Å². The van der Waals surface area contributed by atoms with E-state index in [1.165, 1.54) is 0 Å². The second-order valence-electron chi connectivity index (χ2n) is 2.27. The van der Waals surface area contributed by atoms with Gasteiger partial charge in [0.15, 0.2) is 0 Å². The van der Waals surface area contributed by atoms with Gasteiger partial charge >= 0.3 is 0 Å². The monoisotopic (exact) mass is 175 g/mol. The van der Waals surface area contributed by atoms with Crippen LogP contribution in [-0.2, 0) is 0 Å². The van der Waals surface area contributed by atoms with Gasteiger partial charge in [0.2, 0.25) is 0 Å². The van der Waals surface area contributed by atoms with Gasteiger partial charge in [0.25, 0.3) is 0 Å². The zero-order valence-corrected chi connectivity index (χ0v) is 7.58. The Balaban J connectivity index is 3.31. The van der Waals surface area contributed by atoms with Crippen molar-refractivity contribution in [2.45, 2.75) is 25.2 Å². The first-order chi connectivity index (χ1) is 5.18. The zero-order valence-electron chi connectivity index (χ0n) is 6.77. The van der Waals surface area contributed by atoms with Crippen LogP contribution in [0.15, 0.2) is 5.11 Å². The minimum absolute atomic E-state index is 0.212. The second-order valence-corrected chi connectivity index (χ2v) is 3.76. The van der Waals surface area contributed by atoms with Gasteiger partial charge in [-0.15, -0.1) is 0 Å². The highest BCUT2D eigenvalue weighted by Crippen LogP contribution is 2.13. The summed E-state index contributed by atoms with van der Waals surface area (Å²) in [5.41, 5.74) is 7.94. The molecule has 0 aliphatic rings. The predicted molar refractivity (Wildman–Crippen MR) is 47.6 cm³/mol. The van der Waals surface area contributed by atoms with Gasteiger partial charge in [-0.05, 0) is 18.2 Å². The molecule has 0 saturated heterocycles. The molecule has 0 rings (SSSR count). The molecule has 1 N–H and O–H groups in total. The van der Waals surface area contributed by atoms with Crippen LogP contribution in [0.1, 0.15) is 13.8 Å². The van der Waals surface area contributed by atoms with Gasteiger partial charge in [-0.1, -0.05) is 12.0 Å². The third-order valence-electron chi connectivity index (χ3n) is 1.31. The highest BCUT2D eigenvalue weighted by Gasteiger charge is 2.07. The quantitative estimate of drug-likeness (QED) is 0.299. The lowest BCUT2D eigenvalue weighted by atomic mass is 10.3. The lowest BCUT2D eigenvalue weighted by Gasteiger charge is -2.12. The molecule has 11 heavy (non-hydrogen) atoms. The fourth-order valence-electron chi connectivity index (χ4n) is 0.463. The molecule has 0 radical (unpaired) electrons. The Hall–Kier alpha value is -0.380. The van der Waals surface area contributed by atoms with Crippen LogP contribution in [0.2, 0.25) is 0 Å². The summed E-state index contributed by atoms with van der Waals surface area (Å²) < 4.78 is 0. The van der Waals surface area contributed by atoms with Crippen LogP contribution in [0.25, 0.3) is 10.4 Å². The maximum atomic E-state index is 9.05. The third-order valence-corrected chi connectivity index (χ3v) is 2.65. The van der Waals surface area contributed by atoms with E-state index in [2.05, 4.69) is 10.0 Å². The topological polar surface area (TPSA) is 69.0 Å². The fourth-order valence-corrected chi connectivity index (χ4v) is 1.30. The van der Waals surface area contributed by atoms with E-state index in [0.717, 1.165) is 5.75 Å². The van der Waals surface area contributed by atoms with Crippen LogP contribution in [0.5, 0.6) is 0 Å². The lowest BCUT2D eigenvalue weighted by Crippen LogP contribution is -2.15. The maximum absolute atomic E-state index is 9.05. The molecule has 5 heteroatoms. The van der Waals surface area contributed by atoms with Crippen LogP contribution in [0, 0.1) is 0 Å². The number of nitrogens with zero attached hydrogens (tertiary/aromatic N) is 3. The van der Waals surface area contributed by atoms with Gasteiger partial charge < -0.3 is 5.11 Å². The number of aliphatic hydroxyl groups is 1. The second kappa shape index (κ2) is 6.34. The first-order valence-electron chi connectivity index (χ1n) is 3.49. The van der Waals surface area contributed by atoms with E-state index in [-0.39, 0.29) is 11.4 Å². The molecule has 0 heterocycles. The predicted octanol–water partition coefficient (Wildman–Crippen LogP) is 1.80. The van der Waals surface area contributed by atoms with Crippen molar-refractivity contribution >= 4 is 11.8 Å². The number of rotatable bonds is 5. The van der Waals surface area contributed by atoms with E-state index in [1.807, 2.05) is 6.92 Å². The number of hydrogen-bond acceptors (Lipinski definition) is 3. The van der Waals surface area contributed by atoms with Crippen molar-refractivity contribution in [3.63, 3.8) is 0 Å². The lowest BCUT2D eigenvalue weighted by molar-refractivity contribution is 0.196. The minimum Gasteiger partial charge on any atom is -0.392 e. The first kappa shape index (κ1) is 10.6. The maximum Gasteiger partial charge on any atom is 0.0627 e. The van der Waals surface area contributed by atoms with Crippen molar-refractivity contribution in [3.05, 3.63) is 10.4 Å². The van der Waals surface area contributed by atoms with Crippen LogP contribution in [0.4, 0.5) is 0 Å². The van der Waals surface area contributed by atoms with E-state index < -0.39 is 0 Å². The Morgan fingerprint density at radius 2 is 2.27 bits per heavy atom. The highest BCUT2D eigenvalue weighted by molar-refractivity contribution is 7.99. The molecule has 0 fully saturated rings. The molecule has 0 spiro atoms. The first-order valence-corrected chi connectivity index (χ1v) is 4.54. The third kappa shape index (κ3) is 6.04.